The first-order valence-electron chi connectivity index (χ1n) is 4.93. The summed E-state index contributed by atoms with van der Waals surface area (Å²) in [4.78, 5) is 4.15. The zero-order chi connectivity index (χ0) is 12.4. The summed E-state index contributed by atoms with van der Waals surface area (Å²) in [5.41, 5.74) is 7.16. The first kappa shape index (κ1) is 12.4. The van der Waals surface area contributed by atoms with Crippen LogP contribution in [0.15, 0.2) is 12.1 Å². The van der Waals surface area contributed by atoms with Crippen LogP contribution >= 0.6 is 23.2 Å². The summed E-state index contributed by atoms with van der Waals surface area (Å²) >= 11 is 11.8. The highest BCUT2D eigenvalue weighted by molar-refractivity contribution is 6.42. The molecule has 17 heavy (non-hydrogen) atoms. The van der Waals surface area contributed by atoms with E-state index in [0.29, 0.717) is 21.5 Å². The van der Waals surface area contributed by atoms with Crippen molar-refractivity contribution in [3.8, 4) is 0 Å². The molecule has 0 atom stereocenters. The molecule has 0 aliphatic heterocycles. The molecule has 0 aliphatic rings. The molecule has 2 rings (SSSR count). The monoisotopic (exact) mass is 275 g/mol. The Bertz CT molecular complexity index is 542. The summed E-state index contributed by atoms with van der Waals surface area (Å²) in [7, 11) is 0. The Hall–Kier alpha value is -1.01. The third-order valence-electron chi connectivity index (χ3n) is 2.28. The second kappa shape index (κ2) is 5.10. The second-order valence-electron chi connectivity index (χ2n) is 3.41. The van der Waals surface area contributed by atoms with E-state index >= 15 is 0 Å². The highest BCUT2D eigenvalue weighted by Crippen LogP contribution is 2.28. The van der Waals surface area contributed by atoms with E-state index in [1.165, 1.54) is 0 Å². The maximum absolute atomic E-state index is 8.64. The van der Waals surface area contributed by atoms with Crippen LogP contribution in [0.5, 0.6) is 0 Å². The molecule has 3 N–H and O–H groups in total. The van der Waals surface area contributed by atoms with E-state index in [4.69, 9.17) is 38.8 Å². The summed E-state index contributed by atoms with van der Waals surface area (Å²) in [6.07, 6.45) is 0. The minimum absolute atomic E-state index is 0.0425. The molecular formula is C10H11Cl2N3O2. The van der Waals surface area contributed by atoms with Crippen LogP contribution in [0.1, 0.15) is 0 Å². The Morgan fingerprint density at radius 3 is 2.76 bits per heavy atom. The van der Waals surface area contributed by atoms with Crippen molar-refractivity contribution in [1.29, 1.82) is 0 Å². The van der Waals surface area contributed by atoms with Crippen LogP contribution in [0, 0.1) is 0 Å². The SMILES string of the molecule is Nc1nc2cc(Cl)c(Cl)cc2n1COCCO. The van der Waals surface area contributed by atoms with Gasteiger partial charge in [0.2, 0.25) is 5.95 Å². The van der Waals surface area contributed by atoms with E-state index in [1.807, 2.05) is 0 Å². The minimum atomic E-state index is -0.0425. The third kappa shape index (κ3) is 2.47. The van der Waals surface area contributed by atoms with Gasteiger partial charge in [0.05, 0.1) is 34.3 Å². The summed E-state index contributed by atoms with van der Waals surface area (Å²) in [6, 6.07) is 3.34. The van der Waals surface area contributed by atoms with E-state index in [2.05, 4.69) is 4.98 Å². The molecule has 0 unspecified atom stereocenters. The maximum atomic E-state index is 8.64. The molecule has 0 fully saturated rings. The maximum Gasteiger partial charge on any atom is 0.203 e. The number of aromatic nitrogens is 2. The van der Waals surface area contributed by atoms with Crippen LogP contribution < -0.4 is 5.73 Å². The van der Waals surface area contributed by atoms with Gasteiger partial charge in [0, 0.05) is 0 Å². The number of rotatable bonds is 4. The molecule has 0 spiro atoms. The average molecular weight is 276 g/mol. The molecule has 1 heterocycles. The molecule has 2 aromatic rings. The second-order valence-corrected chi connectivity index (χ2v) is 4.23. The number of nitrogen functional groups attached to an aromatic ring is 1. The molecule has 92 valence electrons. The number of anilines is 1. The molecule has 7 heteroatoms. The van der Waals surface area contributed by atoms with E-state index in [1.54, 1.807) is 16.7 Å². The largest absolute Gasteiger partial charge is 0.394 e. The van der Waals surface area contributed by atoms with Gasteiger partial charge in [-0.25, -0.2) is 4.98 Å². The zero-order valence-corrected chi connectivity index (χ0v) is 10.4. The van der Waals surface area contributed by atoms with Crippen molar-refractivity contribution in [3.63, 3.8) is 0 Å². The topological polar surface area (TPSA) is 73.3 Å². The Morgan fingerprint density at radius 2 is 2.06 bits per heavy atom. The van der Waals surface area contributed by atoms with Crippen LogP contribution in [0.3, 0.4) is 0 Å². The van der Waals surface area contributed by atoms with Crippen molar-refractivity contribution in [2.24, 2.45) is 0 Å². The Labute approximate surface area is 108 Å². The molecule has 0 amide bonds. The quantitative estimate of drug-likeness (QED) is 0.836. The number of nitrogens with zero attached hydrogens (tertiary/aromatic N) is 2. The van der Waals surface area contributed by atoms with E-state index in [-0.39, 0.29) is 19.9 Å². The van der Waals surface area contributed by atoms with E-state index < -0.39 is 0 Å². The fourth-order valence-corrected chi connectivity index (χ4v) is 1.81. The van der Waals surface area contributed by atoms with Crippen LogP contribution in [0.4, 0.5) is 5.95 Å². The molecule has 0 bridgehead atoms. The number of nitrogens with two attached hydrogens (primary N) is 1. The standard InChI is InChI=1S/C10H11Cl2N3O2/c11-6-3-8-9(4-7(6)12)15(10(13)14-8)5-17-2-1-16/h3-4,16H,1-2,5H2,(H2,13,14). The normalized spacial score (nSPS) is 11.2. The fourth-order valence-electron chi connectivity index (χ4n) is 1.49. The van der Waals surface area contributed by atoms with Crippen molar-refractivity contribution >= 4 is 40.2 Å². The first-order valence-corrected chi connectivity index (χ1v) is 5.68. The Morgan fingerprint density at radius 1 is 1.35 bits per heavy atom. The molecular weight excluding hydrogens is 265 g/mol. The smallest absolute Gasteiger partial charge is 0.203 e. The van der Waals surface area contributed by atoms with Crippen LogP contribution in [-0.4, -0.2) is 27.9 Å². The van der Waals surface area contributed by atoms with E-state index in [0.717, 1.165) is 5.52 Å². The van der Waals surface area contributed by atoms with Gasteiger partial charge < -0.3 is 15.6 Å². The summed E-state index contributed by atoms with van der Waals surface area (Å²) in [5.74, 6) is 0.316. The van der Waals surface area contributed by atoms with Crippen molar-refractivity contribution in [2.45, 2.75) is 6.73 Å². The Kier molecular flexibility index (Phi) is 3.73. The number of fused-ring (bicyclic) bond motifs is 1. The van der Waals surface area contributed by atoms with Gasteiger partial charge in [-0.2, -0.15) is 0 Å². The number of aliphatic hydroxyl groups is 1. The lowest BCUT2D eigenvalue weighted by molar-refractivity contribution is 0.0512. The van der Waals surface area contributed by atoms with Crippen LogP contribution in [-0.2, 0) is 11.5 Å². The summed E-state index contributed by atoms with van der Waals surface area (Å²) < 4.78 is 6.86. The number of hydrogen-bond donors (Lipinski definition) is 2. The van der Waals surface area contributed by atoms with Gasteiger partial charge >= 0.3 is 0 Å². The number of benzene rings is 1. The van der Waals surface area contributed by atoms with E-state index in [9.17, 15) is 0 Å². The van der Waals surface area contributed by atoms with Gasteiger partial charge in [0.25, 0.3) is 0 Å². The summed E-state index contributed by atoms with van der Waals surface area (Å²) in [6.45, 7) is 0.403. The van der Waals surface area contributed by atoms with Gasteiger partial charge in [-0.3, -0.25) is 4.57 Å². The number of aliphatic hydroxyl groups excluding tert-OH is 1. The molecule has 1 aromatic carbocycles. The zero-order valence-electron chi connectivity index (χ0n) is 8.86. The predicted octanol–water partition coefficient (Wildman–Crippen LogP) is 1.89. The third-order valence-corrected chi connectivity index (χ3v) is 3.00. The molecule has 5 nitrogen and oxygen atoms in total. The highest BCUT2D eigenvalue weighted by atomic mass is 35.5. The van der Waals surface area contributed by atoms with Crippen LogP contribution in [0.2, 0.25) is 10.0 Å². The molecule has 0 saturated heterocycles. The summed E-state index contributed by atoms with van der Waals surface area (Å²) in [5, 5.41) is 9.50. The van der Waals surface area contributed by atoms with Crippen molar-refractivity contribution in [3.05, 3.63) is 22.2 Å². The fraction of sp³-hybridized carbons (Fsp3) is 0.300. The first-order chi connectivity index (χ1) is 8.13. The number of imidazole rings is 1. The highest BCUT2D eigenvalue weighted by Gasteiger charge is 2.10. The number of hydrogen-bond acceptors (Lipinski definition) is 4. The predicted molar refractivity (Wildman–Crippen MR) is 67.2 cm³/mol. The minimum Gasteiger partial charge on any atom is -0.394 e. The van der Waals surface area contributed by atoms with Crippen molar-refractivity contribution in [2.75, 3.05) is 18.9 Å². The van der Waals surface area contributed by atoms with Crippen LogP contribution in [0.25, 0.3) is 11.0 Å². The lowest BCUT2D eigenvalue weighted by Gasteiger charge is -2.06. The van der Waals surface area contributed by atoms with Crippen molar-refractivity contribution < 1.29 is 9.84 Å². The molecule has 0 radical (unpaired) electrons. The van der Waals surface area contributed by atoms with Gasteiger partial charge in [0.15, 0.2) is 0 Å². The van der Waals surface area contributed by atoms with Crippen molar-refractivity contribution in [1.82, 2.24) is 9.55 Å². The van der Waals surface area contributed by atoms with Gasteiger partial charge in [-0.15, -0.1) is 0 Å². The molecule has 0 aliphatic carbocycles. The van der Waals surface area contributed by atoms with Gasteiger partial charge in [0.1, 0.15) is 6.73 Å². The Balaban J connectivity index is 2.40. The molecule has 0 saturated carbocycles. The lowest BCUT2D eigenvalue weighted by Crippen LogP contribution is -2.08. The number of halogens is 2. The average Bonchev–Trinajstić information content (AvgIpc) is 2.57. The number of ether oxygens (including phenoxy) is 1. The lowest BCUT2D eigenvalue weighted by atomic mass is 10.3. The van der Waals surface area contributed by atoms with Gasteiger partial charge in [-0.05, 0) is 12.1 Å². The van der Waals surface area contributed by atoms with Gasteiger partial charge in [-0.1, -0.05) is 23.2 Å². The molecule has 1 aromatic heterocycles.